The minimum atomic E-state index is -0.955. The molecule has 0 aliphatic heterocycles. The number of aryl methyl sites for hydroxylation is 6. The van der Waals surface area contributed by atoms with Gasteiger partial charge in [-0.05, 0) is 63.8 Å². The number of halogens is 1. The van der Waals surface area contributed by atoms with E-state index in [1.165, 1.54) is 33.4 Å². The van der Waals surface area contributed by atoms with Gasteiger partial charge in [0.25, 0.3) is 0 Å². The third kappa shape index (κ3) is 3.97. The highest BCUT2D eigenvalue weighted by molar-refractivity contribution is 9.36. The van der Waals surface area contributed by atoms with Crippen molar-refractivity contribution in [1.82, 2.24) is 0 Å². The minimum absolute atomic E-state index is 0.955. The quantitative estimate of drug-likeness (QED) is 0.480. The molecule has 2 rings (SSSR count). The molecule has 0 atom stereocenters. The lowest BCUT2D eigenvalue weighted by Gasteiger charge is -2.07. The number of benzene rings is 2. The molecular formula is C18H22BrN2P. The summed E-state index contributed by atoms with van der Waals surface area (Å²) in [4.78, 5) is 0. The highest BCUT2D eigenvalue weighted by atomic mass is 79.9. The van der Waals surface area contributed by atoms with E-state index in [0.29, 0.717) is 0 Å². The summed E-state index contributed by atoms with van der Waals surface area (Å²) in [6.07, 6.45) is -0.955. The maximum atomic E-state index is 4.81. The van der Waals surface area contributed by atoms with Gasteiger partial charge in [0.1, 0.15) is 6.21 Å². The van der Waals surface area contributed by atoms with Gasteiger partial charge in [-0.1, -0.05) is 35.4 Å². The van der Waals surface area contributed by atoms with Gasteiger partial charge in [-0.15, -0.1) is 0 Å². The number of hydrogen-bond acceptors (Lipinski definition) is 2. The SMILES string of the molecule is Cc1cc(C)c(N=P(Br)=Nc2c(C)cc(C)cc2C)c(C)c1. The summed E-state index contributed by atoms with van der Waals surface area (Å²) in [7, 11) is 0. The summed E-state index contributed by atoms with van der Waals surface area (Å²) < 4.78 is 9.63. The van der Waals surface area contributed by atoms with E-state index >= 15 is 0 Å². The Kier molecular flexibility index (Phi) is 5.41. The molecule has 2 aromatic rings. The molecule has 0 aromatic heterocycles. The van der Waals surface area contributed by atoms with E-state index in [4.69, 9.17) is 9.49 Å². The summed E-state index contributed by atoms with van der Waals surface area (Å²) >= 11 is 3.66. The minimum Gasteiger partial charge on any atom is -0.208 e. The zero-order valence-electron chi connectivity index (χ0n) is 14.0. The fourth-order valence-corrected chi connectivity index (χ4v) is 4.81. The van der Waals surface area contributed by atoms with Crippen LogP contribution in [0.5, 0.6) is 0 Å². The Morgan fingerprint density at radius 1 is 0.636 bits per heavy atom. The van der Waals surface area contributed by atoms with Crippen LogP contribution in [0.4, 0.5) is 11.4 Å². The fourth-order valence-electron chi connectivity index (χ4n) is 2.85. The molecule has 0 heterocycles. The lowest BCUT2D eigenvalue weighted by molar-refractivity contribution is 1.29. The molecule has 0 radical (unpaired) electrons. The molecule has 22 heavy (non-hydrogen) atoms. The Balaban J connectivity index is 2.55. The molecule has 0 amide bonds. The highest BCUT2D eigenvalue weighted by Crippen LogP contribution is 2.40. The van der Waals surface area contributed by atoms with Crippen molar-refractivity contribution in [2.75, 3.05) is 0 Å². The number of nitrogens with zero attached hydrogens (tertiary/aromatic N) is 2. The van der Waals surface area contributed by atoms with Gasteiger partial charge in [0.2, 0.25) is 0 Å². The van der Waals surface area contributed by atoms with E-state index in [-0.39, 0.29) is 0 Å². The van der Waals surface area contributed by atoms with Gasteiger partial charge >= 0.3 is 0 Å². The lowest BCUT2D eigenvalue weighted by atomic mass is 10.1. The standard InChI is InChI=1S/C18H22BrN2P/c1-11-7-13(3)17(14(4)8-11)20-22(19)21-18-15(5)9-12(2)10-16(18)6/h7-10H,1-6H3. The summed E-state index contributed by atoms with van der Waals surface area (Å²) in [5.41, 5.74) is 9.48. The van der Waals surface area contributed by atoms with Gasteiger partial charge < -0.3 is 0 Å². The van der Waals surface area contributed by atoms with Crippen molar-refractivity contribution in [3.05, 3.63) is 57.6 Å². The van der Waals surface area contributed by atoms with Gasteiger partial charge in [-0.3, -0.25) is 0 Å². The molecule has 0 aliphatic rings. The third-order valence-electron chi connectivity index (χ3n) is 3.64. The molecule has 0 N–H and O–H groups in total. The largest absolute Gasteiger partial charge is 0.208 e. The topological polar surface area (TPSA) is 24.7 Å². The fraction of sp³-hybridized carbons (Fsp3) is 0.333. The molecule has 0 saturated carbocycles. The van der Waals surface area contributed by atoms with Crippen LogP contribution in [0.2, 0.25) is 0 Å². The zero-order chi connectivity index (χ0) is 16.4. The van der Waals surface area contributed by atoms with Gasteiger partial charge in [0, 0.05) is 15.5 Å². The van der Waals surface area contributed by atoms with E-state index in [2.05, 4.69) is 81.3 Å². The maximum Gasteiger partial charge on any atom is 0.140 e. The smallest absolute Gasteiger partial charge is 0.140 e. The first-order valence-corrected chi connectivity index (χ1v) is 10.6. The molecule has 0 unspecified atom stereocenters. The second-order valence-corrected chi connectivity index (χ2v) is 8.72. The maximum absolute atomic E-state index is 4.81. The van der Waals surface area contributed by atoms with Crippen molar-refractivity contribution in [3.8, 4) is 0 Å². The Labute approximate surface area is 141 Å². The van der Waals surface area contributed by atoms with Crippen LogP contribution in [-0.4, -0.2) is 0 Å². The number of rotatable bonds is 2. The molecule has 4 heteroatoms. The van der Waals surface area contributed by atoms with Crippen LogP contribution in [0.3, 0.4) is 0 Å². The molecule has 0 bridgehead atoms. The van der Waals surface area contributed by atoms with Crippen LogP contribution in [0, 0.1) is 41.5 Å². The van der Waals surface area contributed by atoms with E-state index < -0.39 is 6.21 Å². The summed E-state index contributed by atoms with van der Waals surface area (Å²) in [6.45, 7) is 12.7. The molecule has 0 spiro atoms. The average molecular weight is 377 g/mol. The summed E-state index contributed by atoms with van der Waals surface area (Å²) in [5, 5.41) is 0. The molecule has 0 fully saturated rings. The zero-order valence-corrected chi connectivity index (χ0v) is 16.5. The Morgan fingerprint density at radius 3 is 1.18 bits per heavy atom. The van der Waals surface area contributed by atoms with Crippen LogP contribution >= 0.6 is 21.7 Å². The van der Waals surface area contributed by atoms with Crippen molar-refractivity contribution < 1.29 is 0 Å². The first kappa shape index (κ1) is 17.2. The predicted molar refractivity (Wildman–Crippen MR) is 101 cm³/mol. The highest BCUT2D eigenvalue weighted by Gasteiger charge is 2.04. The van der Waals surface area contributed by atoms with Gasteiger partial charge in [0.05, 0.1) is 11.4 Å². The summed E-state index contributed by atoms with van der Waals surface area (Å²) in [5.74, 6) is 0. The van der Waals surface area contributed by atoms with Gasteiger partial charge in [-0.25, -0.2) is 9.49 Å². The molecule has 0 saturated heterocycles. The van der Waals surface area contributed by atoms with E-state index in [9.17, 15) is 0 Å². The van der Waals surface area contributed by atoms with Crippen molar-refractivity contribution >= 4 is 33.1 Å². The number of hydrogen-bond donors (Lipinski definition) is 0. The molecule has 2 nitrogen and oxygen atoms in total. The van der Waals surface area contributed by atoms with Crippen molar-refractivity contribution in [3.63, 3.8) is 0 Å². The van der Waals surface area contributed by atoms with Crippen LogP contribution in [0.25, 0.3) is 0 Å². The Bertz CT molecular complexity index is 704. The normalized spacial score (nSPS) is 12.0. The monoisotopic (exact) mass is 376 g/mol. The van der Waals surface area contributed by atoms with Crippen LogP contribution in [0.15, 0.2) is 33.8 Å². The molecule has 2 aromatic carbocycles. The van der Waals surface area contributed by atoms with Crippen molar-refractivity contribution in [2.24, 2.45) is 9.49 Å². The second-order valence-electron chi connectivity index (χ2n) is 5.94. The second kappa shape index (κ2) is 6.93. The predicted octanol–water partition coefficient (Wildman–Crippen LogP) is 7.66. The van der Waals surface area contributed by atoms with E-state index in [1.807, 2.05) is 0 Å². The molecular weight excluding hydrogens is 355 g/mol. The average Bonchev–Trinajstić information content (AvgIpc) is 2.38. The first-order valence-electron chi connectivity index (χ1n) is 7.33. The van der Waals surface area contributed by atoms with Crippen LogP contribution in [-0.2, 0) is 0 Å². The van der Waals surface area contributed by atoms with Crippen molar-refractivity contribution in [1.29, 1.82) is 0 Å². The molecule has 0 aliphatic carbocycles. The van der Waals surface area contributed by atoms with Crippen LogP contribution < -0.4 is 0 Å². The van der Waals surface area contributed by atoms with Crippen LogP contribution in [0.1, 0.15) is 33.4 Å². The Hall–Kier alpha value is -1.18. The lowest BCUT2D eigenvalue weighted by Crippen LogP contribution is -1.82. The van der Waals surface area contributed by atoms with E-state index in [1.54, 1.807) is 0 Å². The first-order chi connectivity index (χ1) is 10.3. The Morgan fingerprint density at radius 2 is 0.909 bits per heavy atom. The summed E-state index contributed by atoms with van der Waals surface area (Å²) in [6, 6.07) is 8.68. The van der Waals surface area contributed by atoms with Crippen molar-refractivity contribution in [2.45, 2.75) is 41.5 Å². The van der Waals surface area contributed by atoms with Gasteiger partial charge in [-0.2, -0.15) is 0 Å². The third-order valence-corrected chi connectivity index (χ3v) is 5.32. The van der Waals surface area contributed by atoms with Gasteiger partial charge in [0.15, 0.2) is 0 Å². The molecule has 116 valence electrons. The van der Waals surface area contributed by atoms with E-state index in [0.717, 1.165) is 11.4 Å².